The fraction of sp³-hybridized carbons (Fsp3) is 0.341. The minimum absolute atomic E-state index is 0.0560. The summed E-state index contributed by atoms with van der Waals surface area (Å²) in [6.45, 7) is 8.61. The van der Waals surface area contributed by atoms with Crippen molar-refractivity contribution in [2.45, 2.75) is 64.1 Å². The van der Waals surface area contributed by atoms with Crippen molar-refractivity contribution in [1.82, 2.24) is 15.5 Å². The number of nitrogens with one attached hydrogen (secondary N) is 2. The number of carboxylic acid groups (broad SMARTS) is 1. The highest BCUT2D eigenvalue weighted by Gasteiger charge is 2.29. The van der Waals surface area contributed by atoms with E-state index in [-0.39, 0.29) is 18.2 Å². The van der Waals surface area contributed by atoms with Gasteiger partial charge in [0.05, 0.1) is 0 Å². The number of hydrogen-bond donors (Lipinski definition) is 3. The smallest absolute Gasteiger partial charge is 0.408 e. The van der Waals surface area contributed by atoms with Crippen molar-refractivity contribution in [3.63, 3.8) is 0 Å². The summed E-state index contributed by atoms with van der Waals surface area (Å²) in [5, 5.41) is 15.3. The van der Waals surface area contributed by atoms with Crippen LogP contribution in [0.2, 0.25) is 0 Å². The van der Waals surface area contributed by atoms with Crippen LogP contribution in [0, 0.1) is 5.92 Å². The minimum Gasteiger partial charge on any atom is -0.480 e. The van der Waals surface area contributed by atoms with E-state index in [0.717, 1.165) is 38.0 Å². The third-order valence-corrected chi connectivity index (χ3v) is 9.02. The van der Waals surface area contributed by atoms with Crippen LogP contribution in [-0.4, -0.2) is 59.3 Å². The van der Waals surface area contributed by atoms with Crippen LogP contribution in [0.4, 0.5) is 4.79 Å². The molecule has 0 bridgehead atoms. The topological polar surface area (TPSA) is 108 Å². The van der Waals surface area contributed by atoms with E-state index < -0.39 is 23.7 Å². The Hall–Kier alpha value is -4.95. The molecule has 0 unspecified atom stereocenters. The number of carbonyl (C=O) groups is 3. The molecular weight excluding hydrogens is 614 g/mol. The molecule has 3 N–H and O–H groups in total. The van der Waals surface area contributed by atoms with Crippen molar-refractivity contribution < 1.29 is 24.2 Å². The van der Waals surface area contributed by atoms with E-state index in [4.69, 9.17) is 4.74 Å². The van der Waals surface area contributed by atoms with Gasteiger partial charge in [0.15, 0.2) is 0 Å². The zero-order valence-electron chi connectivity index (χ0n) is 28.6. The SMILES string of the molecule is CC(C)(C)OC(=O)N[C@H](Cc1ccc(C(=O)NC[C@@H](c2ccc(-c3ccccc3)cc2)C2CCN(Cc3ccccc3)CC2)cc1)C(=O)O. The Bertz CT molecular complexity index is 1660. The van der Waals surface area contributed by atoms with Gasteiger partial charge >= 0.3 is 12.1 Å². The van der Waals surface area contributed by atoms with Crippen molar-refractivity contribution in [2.75, 3.05) is 19.6 Å². The first-order chi connectivity index (χ1) is 23.5. The number of amides is 2. The summed E-state index contributed by atoms with van der Waals surface area (Å²) < 4.78 is 5.22. The summed E-state index contributed by atoms with van der Waals surface area (Å²) in [5.74, 6) is -0.771. The first-order valence-corrected chi connectivity index (χ1v) is 17.1. The molecule has 2 amide bonds. The molecule has 256 valence electrons. The standard InChI is InChI=1S/C41H47N3O5/c1-41(2,3)49-40(48)43-37(39(46)47)26-29-14-16-35(17-15-29)38(45)42-27-36(33-20-18-32(19-21-33)31-12-8-5-9-13-31)34-22-24-44(25-23-34)28-30-10-6-4-7-11-30/h4-21,34,36-37H,22-28H2,1-3H3,(H,42,45)(H,43,48)(H,46,47)/t36-,37+/m0/s1. The van der Waals surface area contributed by atoms with Crippen molar-refractivity contribution in [1.29, 1.82) is 0 Å². The largest absolute Gasteiger partial charge is 0.480 e. The fourth-order valence-corrected chi connectivity index (χ4v) is 6.45. The molecule has 1 heterocycles. The van der Waals surface area contributed by atoms with Gasteiger partial charge in [0.25, 0.3) is 5.91 Å². The maximum Gasteiger partial charge on any atom is 0.408 e. The minimum atomic E-state index is -1.17. The number of ether oxygens (including phenoxy) is 1. The quantitative estimate of drug-likeness (QED) is 0.147. The number of aliphatic carboxylic acids is 1. The number of hydrogen-bond acceptors (Lipinski definition) is 5. The molecule has 1 fully saturated rings. The summed E-state index contributed by atoms with van der Waals surface area (Å²) in [4.78, 5) is 39.9. The second-order valence-electron chi connectivity index (χ2n) is 13.8. The molecule has 0 saturated carbocycles. The van der Waals surface area contributed by atoms with Gasteiger partial charge in [0.2, 0.25) is 0 Å². The van der Waals surface area contributed by atoms with E-state index in [1.54, 1.807) is 45.0 Å². The highest BCUT2D eigenvalue weighted by molar-refractivity contribution is 5.94. The van der Waals surface area contributed by atoms with Crippen molar-refractivity contribution in [3.8, 4) is 11.1 Å². The lowest BCUT2D eigenvalue weighted by Gasteiger charge is -2.36. The van der Waals surface area contributed by atoms with Gasteiger partial charge in [0, 0.05) is 31.0 Å². The number of benzene rings is 4. The van der Waals surface area contributed by atoms with E-state index in [1.807, 2.05) is 24.3 Å². The van der Waals surface area contributed by atoms with Gasteiger partial charge < -0.3 is 20.5 Å². The summed E-state index contributed by atoms with van der Waals surface area (Å²) in [6.07, 6.45) is 1.36. The van der Waals surface area contributed by atoms with Gasteiger partial charge in [-0.1, -0.05) is 97.1 Å². The molecule has 4 aromatic carbocycles. The molecule has 5 rings (SSSR count). The Labute approximate surface area is 289 Å². The average Bonchev–Trinajstić information content (AvgIpc) is 3.09. The molecule has 2 atom stereocenters. The van der Waals surface area contributed by atoms with Crippen LogP contribution in [0.25, 0.3) is 11.1 Å². The van der Waals surface area contributed by atoms with Crippen molar-refractivity contribution >= 4 is 18.0 Å². The molecule has 1 saturated heterocycles. The van der Waals surface area contributed by atoms with Crippen LogP contribution < -0.4 is 10.6 Å². The second-order valence-corrected chi connectivity index (χ2v) is 13.8. The molecular formula is C41H47N3O5. The van der Waals surface area contributed by atoms with Gasteiger partial charge in [-0.2, -0.15) is 0 Å². The monoisotopic (exact) mass is 661 g/mol. The van der Waals surface area contributed by atoms with Crippen molar-refractivity contribution in [2.24, 2.45) is 5.92 Å². The Kier molecular flexibility index (Phi) is 11.9. The highest BCUT2D eigenvalue weighted by Crippen LogP contribution is 2.34. The maximum atomic E-state index is 13.4. The van der Waals surface area contributed by atoms with Crippen LogP contribution in [0.5, 0.6) is 0 Å². The number of alkyl carbamates (subject to hydrolysis) is 1. The molecule has 1 aliphatic heterocycles. The predicted molar refractivity (Wildman–Crippen MR) is 192 cm³/mol. The molecule has 49 heavy (non-hydrogen) atoms. The highest BCUT2D eigenvalue weighted by atomic mass is 16.6. The molecule has 0 aromatic heterocycles. The third kappa shape index (κ3) is 10.5. The number of piperidine rings is 1. The fourth-order valence-electron chi connectivity index (χ4n) is 6.45. The first kappa shape index (κ1) is 35.4. The Balaban J connectivity index is 1.24. The number of nitrogens with zero attached hydrogens (tertiary/aromatic N) is 1. The van der Waals surface area contributed by atoms with E-state index in [0.29, 0.717) is 23.6 Å². The first-order valence-electron chi connectivity index (χ1n) is 17.1. The predicted octanol–water partition coefficient (Wildman–Crippen LogP) is 7.30. The Morgan fingerprint density at radius 1 is 0.796 bits per heavy atom. The lowest BCUT2D eigenvalue weighted by atomic mass is 9.79. The van der Waals surface area contributed by atoms with Crippen molar-refractivity contribution in [3.05, 3.63) is 131 Å². The van der Waals surface area contributed by atoms with Crippen LogP contribution >= 0.6 is 0 Å². The summed E-state index contributed by atoms with van der Waals surface area (Å²) in [7, 11) is 0. The van der Waals surface area contributed by atoms with E-state index in [9.17, 15) is 19.5 Å². The third-order valence-electron chi connectivity index (χ3n) is 9.02. The normalized spacial score (nSPS) is 15.2. The molecule has 8 nitrogen and oxygen atoms in total. The van der Waals surface area contributed by atoms with Crippen LogP contribution in [0.1, 0.15) is 66.6 Å². The van der Waals surface area contributed by atoms with Gasteiger partial charge in [-0.15, -0.1) is 0 Å². The Morgan fingerprint density at radius 2 is 1.39 bits per heavy atom. The molecule has 1 aliphatic rings. The molecule has 8 heteroatoms. The number of carbonyl (C=O) groups excluding carboxylic acids is 2. The van der Waals surface area contributed by atoms with E-state index in [1.165, 1.54) is 16.7 Å². The van der Waals surface area contributed by atoms with Crippen LogP contribution in [0.15, 0.2) is 109 Å². The van der Waals surface area contributed by atoms with Gasteiger partial charge in [-0.05, 0) is 92.6 Å². The zero-order valence-corrected chi connectivity index (χ0v) is 28.6. The van der Waals surface area contributed by atoms with Crippen LogP contribution in [-0.2, 0) is 22.5 Å². The van der Waals surface area contributed by atoms with Crippen LogP contribution in [0.3, 0.4) is 0 Å². The average molecular weight is 662 g/mol. The summed E-state index contributed by atoms with van der Waals surface area (Å²) in [5.41, 5.74) is 5.31. The van der Waals surface area contributed by atoms with Gasteiger partial charge in [-0.3, -0.25) is 9.69 Å². The van der Waals surface area contributed by atoms with Gasteiger partial charge in [-0.25, -0.2) is 9.59 Å². The van der Waals surface area contributed by atoms with Gasteiger partial charge in [0.1, 0.15) is 11.6 Å². The second kappa shape index (κ2) is 16.4. The maximum absolute atomic E-state index is 13.4. The van der Waals surface area contributed by atoms with E-state index in [2.05, 4.69) is 76.2 Å². The molecule has 0 radical (unpaired) electrons. The van der Waals surface area contributed by atoms with E-state index >= 15 is 0 Å². The molecule has 0 aliphatic carbocycles. The summed E-state index contributed by atoms with van der Waals surface area (Å²) >= 11 is 0. The molecule has 0 spiro atoms. The summed E-state index contributed by atoms with van der Waals surface area (Å²) in [6, 6.07) is 35.3. The zero-order chi connectivity index (χ0) is 34.8. The molecule has 4 aromatic rings. The number of carboxylic acids is 1. The Morgan fingerprint density at radius 3 is 1.98 bits per heavy atom. The number of rotatable bonds is 12. The lowest BCUT2D eigenvalue weighted by molar-refractivity contribution is -0.139. The number of likely N-dealkylation sites (tertiary alicyclic amines) is 1. The lowest BCUT2D eigenvalue weighted by Crippen LogP contribution is -2.44.